The molecule has 33 heavy (non-hydrogen) atoms. The summed E-state index contributed by atoms with van der Waals surface area (Å²) in [5, 5.41) is 3.05. The van der Waals surface area contributed by atoms with Crippen LogP contribution in [-0.4, -0.2) is 39.9 Å². The Kier molecular flexibility index (Phi) is 6.22. The van der Waals surface area contributed by atoms with Crippen molar-refractivity contribution >= 4 is 11.7 Å². The Hall–Kier alpha value is -3.62. The standard InChI is InChI=1S/C24H23F3N4O2/c1-15-5-7-18(22-28-9-11-33-22)19(12-15)23(32)31-10-3-4-16(2)20(31)14-30-21-8-6-17(13-29-21)24(25,26)27/h5-9,11-13,20H,2-4,10,14H2,1H3,(H,29,30). The van der Waals surface area contributed by atoms with E-state index in [0.29, 0.717) is 29.4 Å². The van der Waals surface area contributed by atoms with Crippen LogP contribution in [0.15, 0.2) is 65.6 Å². The number of likely N-dealkylation sites (tertiary alicyclic amines) is 1. The van der Waals surface area contributed by atoms with E-state index in [4.69, 9.17) is 4.42 Å². The Morgan fingerprint density at radius 3 is 2.76 bits per heavy atom. The van der Waals surface area contributed by atoms with Gasteiger partial charge in [0.15, 0.2) is 0 Å². The van der Waals surface area contributed by atoms with Crippen LogP contribution in [0.25, 0.3) is 11.5 Å². The molecule has 2 aromatic heterocycles. The summed E-state index contributed by atoms with van der Waals surface area (Å²) < 4.78 is 43.8. The predicted octanol–water partition coefficient (Wildman–Crippen LogP) is 5.34. The summed E-state index contributed by atoms with van der Waals surface area (Å²) in [7, 11) is 0. The normalized spacial score (nSPS) is 16.7. The molecule has 1 aromatic carbocycles. The van der Waals surface area contributed by atoms with Gasteiger partial charge < -0.3 is 14.6 Å². The molecule has 1 aliphatic rings. The second kappa shape index (κ2) is 9.09. The van der Waals surface area contributed by atoms with E-state index < -0.39 is 11.7 Å². The van der Waals surface area contributed by atoms with Gasteiger partial charge in [-0.25, -0.2) is 9.97 Å². The van der Waals surface area contributed by atoms with Crippen molar-refractivity contribution in [2.75, 3.05) is 18.4 Å². The van der Waals surface area contributed by atoms with Crippen LogP contribution in [0.3, 0.4) is 0 Å². The van der Waals surface area contributed by atoms with E-state index in [9.17, 15) is 18.0 Å². The van der Waals surface area contributed by atoms with Crippen LogP contribution >= 0.6 is 0 Å². The largest absolute Gasteiger partial charge is 0.445 e. The van der Waals surface area contributed by atoms with Gasteiger partial charge in [0, 0.05) is 24.8 Å². The van der Waals surface area contributed by atoms with Crippen molar-refractivity contribution in [1.82, 2.24) is 14.9 Å². The maximum Gasteiger partial charge on any atom is 0.417 e. The zero-order valence-electron chi connectivity index (χ0n) is 18.0. The minimum atomic E-state index is -4.44. The molecule has 0 spiro atoms. The van der Waals surface area contributed by atoms with Gasteiger partial charge in [-0.1, -0.05) is 23.8 Å². The summed E-state index contributed by atoms with van der Waals surface area (Å²) in [6.07, 6.45) is 0.861. The molecule has 1 aliphatic heterocycles. The van der Waals surface area contributed by atoms with E-state index in [2.05, 4.69) is 21.9 Å². The number of anilines is 1. The molecule has 4 rings (SSSR count). The topological polar surface area (TPSA) is 71.3 Å². The average molecular weight is 456 g/mol. The number of halogens is 3. The molecule has 0 radical (unpaired) electrons. The highest BCUT2D eigenvalue weighted by molar-refractivity contribution is 6.00. The monoisotopic (exact) mass is 456 g/mol. The van der Waals surface area contributed by atoms with Crippen molar-refractivity contribution in [3.8, 4) is 11.5 Å². The van der Waals surface area contributed by atoms with E-state index in [0.717, 1.165) is 36.2 Å². The number of amides is 1. The van der Waals surface area contributed by atoms with Crippen molar-refractivity contribution in [3.63, 3.8) is 0 Å². The summed E-state index contributed by atoms with van der Waals surface area (Å²) in [6.45, 7) is 6.85. The number of hydrogen-bond acceptors (Lipinski definition) is 5. The third-order valence-corrected chi connectivity index (χ3v) is 5.64. The van der Waals surface area contributed by atoms with Gasteiger partial charge in [-0.3, -0.25) is 4.79 Å². The van der Waals surface area contributed by atoms with Gasteiger partial charge >= 0.3 is 6.18 Å². The Morgan fingerprint density at radius 1 is 1.27 bits per heavy atom. The Morgan fingerprint density at radius 2 is 2.09 bits per heavy atom. The first-order valence-corrected chi connectivity index (χ1v) is 10.5. The van der Waals surface area contributed by atoms with E-state index in [1.807, 2.05) is 19.1 Å². The molecule has 1 atom stereocenters. The zero-order valence-corrected chi connectivity index (χ0v) is 18.0. The lowest BCUT2D eigenvalue weighted by Gasteiger charge is -2.38. The third kappa shape index (κ3) is 4.92. The van der Waals surface area contributed by atoms with Gasteiger partial charge in [-0.05, 0) is 44.0 Å². The van der Waals surface area contributed by atoms with Crippen LogP contribution in [0.5, 0.6) is 0 Å². The lowest BCUT2D eigenvalue weighted by molar-refractivity contribution is -0.137. The second-order valence-corrected chi connectivity index (χ2v) is 7.97. The van der Waals surface area contributed by atoms with Crippen molar-refractivity contribution in [1.29, 1.82) is 0 Å². The SMILES string of the molecule is C=C1CCCN(C(=O)c2cc(C)ccc2-c2ncco2)C1CNc1ccc(C(F)(F)F)cn1. The molecule has 9 heteroatoms. The molecule has 3 heterocycles. The van der Waals surface area contributed by atoms with E-state index in [1.165, 1.54) is 18.5 Å². The molecule has 1 amide bonds. The summed E-state index contributed by atoms with van der Waals surface area (Å²) >= 11 is 0. The smallest absolute Gasteiger partial charge is 0.417 e. The number of piperidine rings is 1. The molecular weight excluding hydrogens is 433 g/mol. The number of nitrogens with zero attached hydrogens (tertiary/aromatic N) is 3. The molecule has 0 aliphatic carbocycles. The van der Waals surface area contributed by atoms with E-state index >= 15 is 0 Å². The quantitative estimate of drug-likeness (QED) is 0.525. The number of rotatable bonds is 5. The second-order valence-electron chi connectivity index (χ2n) is 7.97. The minimum absolute atomic E-state index is 0.181. The number of alkyl halides is 3. The van der Waals surface area contributed by atoms with Crippen molar-refractivity contribution in [2.45, 2.75) is 32.0 Å². The van der Waals surface area contributed by atoms with Crippen molar-refractivity contribution < 1.29 is 22.4 Å². The molecule has 1 fully saturated rings. The molecule has 1 N–H and O–H groups in total. The number of carbonyl (C=O) groups is 1. The van der Waals surface area contributed by atoms with Crippen molar-refractivity contribution in [2.24, 2.45) is 0 Å². The fraction of sp³-hybridized carbons (Fsp3) is 0.292. The number of hydrogen-bond donors (Lipinski definition) is 1. The summed E-state index contributed by atoms with van der Waals surface area (Å²) in [6, 6.07) is 7.42. The Labute approximate surface area is 189 Å². The van der Waals surface area contributed by atoms with E-state index in [-0.39, 0.29) is 18.5 Å². The van der Waals surface area contributed by atoms with Gasteiger partial charge in [-0.15, -0.1) is 0 Å². The predicted molar refractivity (Wildman–Crippen MR) is 118 cm³/mol. The Bertz CT molecular complexity index is 1140. The molecule has 0 saturated carbocycles. The molecule has 1 saturated heterocycles. The highest BCUT2D eigenvalue weighted by atomic mass is 19.4. The molecule has 1 unspecified atom stereocenters. The minimum Gasteiger partial charge on any atom is -0.445 e. The van der Waals surface area contributed by atoms with Gasteiger partial charge in [0.25, 0.3) is 5.91 Å². The van der Waals surface area contributed by atoms with Crippen LogP contribution in [0.4, 0.5) is 19.0 Å². The van der Waals surface area contributed by atoms with Gasteiger partial charge in [0.1, 0.15) is 12.1 Å². The van der Waals surface area contributed by atoms with Crippen LogP contribution in [-0.2, 0) is 6.18 Å². The van der Waals surface area contributed by atoms with Crippen LogP contribution < -0.4 is 5.32 Å². The van der Waals surface area contributed by atoms with E-state index in [1.54, 1.807) is 11.0 Å². The number of nitrogens with one attached hydrogen (secondary N) is 1. The lowest BCUT2D eigenvalue weighted by atomic mass is 9.94. The zero-order chi connectivity index (χ0) is 23.6. The molecule has 172 valence electrons. The number of pyridine rings is 1. The average Bonchev–Trinajstić information content (AvgIpc) is 3.32. The molecule has 6 nitrogen and oxygen atoms in total. The van der Waals surface area contributed by atoms with Crippen LogP contribution in [0.1, 0.15) is 34.3 Å². The van der Waals surface area contributed by atoms with Crippen molar-refractivity contribution in [3.05, 3.63) is 77.8 Å². The number of aryl methyl sites for hydroxylation is 1. The first-order chi connectivity index (χ1) is 15.7. The summed E-state index contributed by atoms with van der Waals surface area (Å²) in [4.78, 5) is 23.4. The number of oxazole rings is 1. The molecule has 0 bridgehead atoms. The lowest BCUT2D eigenvalue weighted by Crippen LogP contribution is -2.48. The number of benzene rings is 1. The van der Waals surface area contributed by atoms with Gasteiger partial charge in [-0.2, -0.15) is 13.2 Å². The van der Waals surface area contributed by atoms with Crippen LogP contribution in [0.2, 0.25) is 0 Å². The van der Waals surface area contributed by atoms with Gasteiger partial charge in [0.2, 0.25) is 5.89 Å². The maximum atomic E-state index is 13.6. The van der Waals surface area contributed by atoms with Crippen LogP contribution in [0, 0.1) is 6.92 Å². The third-order valence-electron chi connectivity index (χ3n) is 5.64. The number of carbonyl (C=O) groups excluding carboxylic acids is 1. The highest BCUT2D eigenvalue weighted by Crippen LogP contribution is 2.30. The Balaban J connectivity index is 1.56. The summed E-state index contributed by atoms with van der Waals surface area (Å²) in [5.74, 6) is 0.475. The maximum absolute atomic E-state index is 13.6. The fourth-order valence-electron chi connectivity index (χ4n) is 3.92. The highest BCUT2D eigenvalue weighted by Gasteiger charge is 2.32. The first-order valence-electron chi connectivity index (χ1n) is 10.5. The molecular formula is C24H23F3N4O2. The first kappa shape index (κ1) is 22.6. The molecule has 3 aromatic rings. The summed E-state index contributed by atoms with van der Waals surface area (Å²) in [5.41, 5.74) is 2.06. The number of aromatic nitrogens is 2. The van der Waals surface area contributed by atoms with Gasteiger partial charge in [0.05, 0.1) is 23.4 Å². The fourth-order valence-corrected chi connectivity index (χ4v) is 3.92.